The van der Waals surface area contributed by atoms with Crippen molar-refractivity contribution in [2.45, 2.75) is 165 Å². The zero-order valence-electron chi connectivity index (χ0n) is 32.6. The van der Waals surface area contributed by atoms with Gasteiger partial charge in [-0.25, -0.2) is 0 Å². The van der Waals surface area contributed by atoms with Gasteiger partial charge in [-0.3, -0.25) is 9.59 Å². The summed E-state index contributed by atoms with van der Waals surface area (Å²) in [5, 5.41) is 45.5. The summed E-state index contributed by atoms with van der Waals surface area (Å²) >= 11 is 0. The topological polar surface area (TPSA) is 200 Å². The van der Waals surface area contributed by atoms with Crippen molar-refractivity contribution in [1.82, 2.24) is 4.90 Å². The lowest BCUT2D eigenvalue weighted by molar-refractivity contribution is -0.344. The number of carbonyl (C=O) groups excluding carboxylic acids is 3. The molecule has 16 atom stereocenters. The highest BCUT2D eigenvalue weighted by Crippen LogP contribution is 2.37. The highest BCUT2D eigenvalue weighted by atomic mass is 16.7. The molecular formula is C38H63NO14. The predicted molar refractivity (Wildman–Crippen MR) is 191 cm³/mol. The fourth-order valence-corrected chi connectivity index (χ4v) is 7.48. The van der Waals surface area contributed by atoms with Crippen LogP contribution < -0.4 is 0 Å². The summed E-state index contributed by atoms with van der Waals surface area (Å²) in [6.45, 7) is 10.2. The van der Waals surface area contributed by atoms with Crippen LogP contribution in [-0.4, -0.2) is 150 Å². The summed E-state index contributed by atoms with van der Waals surface area (Å²) in [6.07, 6.45) is -3.93. The first kappa shape index (κ1) is 45.1. The third-order valence-corrected chi connectivity index (χ3v) is 10.3. The van der Waals surface area contributed by atoms with Gasteiger partial charge in [0.05, 0.1) is 43.0 Å². The molecule has 304 valence electrons. The van der Waals surface area contributed by atoms with Crippen molar-refractivity contribution in [2.75, 3.05) is 21.2 Å². The van der Waals surface area contributed by atoms with Crippen LogP contribution in [0.2, 0.25) is 0 Å². The molecule has 0 unspecified atom stereocenters. The maximum atomic E-state index is 12.9. The van der Waals surface area contributed by atoms with E-state index in [9.17, 15) is 34.8 Å². The quantitative estimate of drug-likeness (QED) is 0.186. The lowest BCUT2D eigenvalue weighted by Gasteiger charge is -2.50. The van der Waals surface area contributed by atoms with E-state index >= 15 is 0 Å². The number of hydrogen-bond donors (Lipinski definition) is 4. The predicted octanol–water partition coefficient (Wildman–Crippen LogP) is 1.81. The van der Waals surface area contributed by atoms with Gasteiger partial charge < -0.3 is 63.3 Å². The van der Waals surface area contributed by atoms with Gasteiger partial charge in [0, 0.05) is 32.8 Å². The number of ether oxygens (including phenoxy) is 7. The number of nitrogens with zero attached hydrogens (tertiary/aromatic N) is 1. The Bertz CT molecular complexity index is 1230. The number of aliphatic hydroxyl groups excluding tert-OH is 3. The average molecular weight is 758 g/mol. The van der Waals surface area contributed by atoms with Crippen LogP contribution in [0.4, 0.5) is 0 Å². The third kappa shape index (κ3) is 12.3. The van der Waals surface area contributed by atoms with Gasteiger partial charge in [0.1, 0.15) is 36.3 Å². The van der Waals surface area contributed by atoms with Gasteiger partial charge in [-0.15, -0.1) is 0 Å². The molecule has 15 heteroatoms. The fraction of sp³-hybridized carbons (Fsp3) is 0.816. The normalized spacial score (nSPS) is 42.2. The largest absolute Gasteiger partial charge is 0.462 e. The number of rotatable bonds is 10. The molecule has 0 aromatic rings. The lowest BCUT2D eigenvalue weighted by Crippen LogP contribution is -2.66. The maximum absolute atomic E-state index is 12.9. The Morgan fingerprint density at radius 2 is 1.74 bits per heavy atom. The molecule has 0 aromatic carbocycles. The highest BCUT2D eigenvalue weighted by Gasteiger charge is 2.52. The number of esters is 2. The van der Waals surface area contributed by atoms with Crippen molar-refractivity contribution < 1.29 is 68.0 Å². The first-order chi connectivity index (χ1) is 24.9. The lowest BCUT2D eigenvalue weighted by atomic mass is 9.82. The Balaban J connectivity index is 1.92. The van der Waals surface area contributed by atoms with Crippen LogP contribution in [0.1, 0.15) is 80.1 Å². The Hall–Kier alpha value is -2.31. The molecule has 4 N–H and O–H groups in total. The van der Waals surface area contributed by atoms with Gasteiger partial charge in [-0.1, -0.05) is 38.2 Å². The fourth-order valence-electron chi connectivity index (χ4n) is 7.48. The Kier molecular flexibility index (Phi) is 17.5. The van der Waals surface area contributed by atoms with Gasteiger partial charge in [0.25, 0.3) is 0 Å². The molecule has 2 saturated heterocycles. The molecule has 15 nitrogen and oxygen atoms in total. The Morgan fingerprint density at radius 1 is 1.04 bits per heavy atom. The van der Waals surface area contributed by atoms with E-state index in [0.717, 1.165) is 0 Å². The van der Waals surface area contributed by atoms with E-state index in [1.807, 2.05) is 13.0 Å². The van der Waals surface area contributed by atoms with E-state index in [-0.39, 0.29) is 31.6 Å². The average Bonchev–Trinajstić information content (AvgIpc) is 3.06. The monoisotopic (exact) mass is 757 g/mol. The molecule has 0 spiro atoms. The molecule has 3 rings (SSSR count). The SMILES string of the molecule is CCC(=O)O[C@H]1[C@H](C)O[C@@H](O[C@H]2[C@H](N(C)C)[C@@H](O)[C@H](O[C@H]3[C@@H](CC=O)C[C@@H](C)[C@@H](O)C=CC=CC[C@@H](C)OC(=O)C[C@@H](O)[C@@H]3OC)O[C@@H]2C)C[C@@]1(C)O. The standard InChI is InChI=1S/C38H63NO14/c1-10-28(43)51-36-24(5)49-30(20-38(36,6)46)52-33-23(4)50-37(32(45)31(33)39(7)8)53-34-25(16-17-40)18-21(2)26(41)15-13-11-12-14-22(3)48-29(44)19-27(42)35(34)47-9/h11-13,15,17,21-27,30-37,41-42,45-46H,10,14,16,18-20H2,1-9H3/t21-,22-,23-,24+,25+,26+,27-,30+,31-,32-,33-,34+,35+,36+,37+,38-/m1/s1. The molecule has 0 bridgehead atoms. The second-order valence-electron chi connectivity index (χ2n) is 15.1. The molecular weight excluding hydrogens is 694 g/mol. The van der Waals surface area contributed by atoms with Gasteiger partial charge >= 0.3 is 11.9 Å². The van der Waals surface area contributed by atoms with E-state index in [1.54, 1.807) is 71.8 Å². The second-order valence-corrected chi connectivity index (χ2v) is 15.1. The number of allylic oxidation sites excluding steroid dienone is 2. The van der Waals surface area contributed by atoms with Crippen LogP contribution >= 0.6 is 0 Å². The zero-order valence-corrected chi connectivity index (χ0v) is 32.6. The molecule has 0 radical (unpaired) electrons. The number of aldehydes is 1. The minimum atomic E-state index is -1.47. The van der Waals surface area contributed by atoms with Gasteiger partial charge in [0.15, 0.2) is 18.7 Å². The summed E-state index contributed by atoms with van der Waals surface area (Å²) < 4.78 is 42.1. The molecule has 0 saturated carbocycles. The molecule has 3 heterocycles. The van der Waals surface area contributed by atoms with Gasteiger partial charge in [-0.2, -0.15) is 0 Å². The van der Waals surface area contributed by atoms with Gasteiger partial charge in [0.2, 0.25) is 0 Å². The van der Waals surface area contributed by atoms with Crippen LogP contribution in [0.3, 0.4) is 0 Å². The molecule has 53 heavy (non-hydrogen) atoms. The Morgan fingerprint density at radius 3 is 2.34 bits per heavy atom. The van der Waals surface area contributed by atoms with Crippen molar-refractivity contribution in [1.29, 1.82) is 0 Å². The third-order valence-electron chi connectivity index (χ3n) is 10.3. The van der Waals surface area contributed by atoms with Gasteiger partial charge in [-0.05, 0) is 60.0 Å². The van der Waals surface area contributed by atoms with Crippen LogP contribution in [0, 0.1) is 11.8 Å². The number of carbonyl (C=O) groups is 3. The smallest absolute Gasteiger partial charge is 0.308 e. The highest BCUT2D eigenvalue weighted by molar-refractivity contribution is 5.70. The van der Waals surface area contributed by atoms with Crippen molar-refractivity contribution in [3.63, 3.8) is 0 Å². The van der Waals surface area contributed by atoms with E-state index in [4.69, 9.17) is 33.2 Å². The molecule has 0 aromatic heterocycles. The summed E-state index contributed by atoms with van der Waals surface area (Å²) in [4.78, 5) is 38.8. The van der Waals surface area contributed by atoms with E-state index in [2.05, 4.69) is 0 Å². The minimum Gasteiger partial charge on any atom is -0.462 e. The molecule has 3 aliphatic heterocycles. The first-order valence-corrected chi connectivity index (χ1v) is 18.7. The van der Waals surface area contributed by atoms with E-state index < -0.39 is 110 Å². The number of hydrogen-bond acceptors (Lipinski definition) is 15. The molecule has 3 aliphatic rings. The zero-order chi connectivity index (χ0) is 39.6. The van der Waals surface area contributed by atoms with Crippen molar-refractivity contribution in [3.8, 4) is 0 Å². The maximum Gasteiger partial charge on any atom is 0.308 e. The van der Waals surface area contributed by atoms with E-state index in [0.29, 0.717) is 12.7 Å². The Labute approximate surface area is 313 Å². The summed E-state index contributed by atoms with van der Waals surface area (Å²) in [5.41, 5.74) is -1.47. The van der Waals surface area contributed by atoms with Crippen LogP contribution in [0.5, 0.6) is 0 Å². The molecule has 0 aliphatic carbocycles. The summed E-state index contributed by atoms with van der Waals surface area (Å²) in [6, 6.07) is -0.750. The van der Waals surface area contributed by atoms with Crippen molar-refractivity contribution in [2.24, 2.45) is 11.8 Å². The second kappa shape index (κ2) is 20.6. The number of cyclic esters (lactones) is 1. The molecule has 2 fully saturated rings. The van der Waals surface area contributed by atoms with E-state index in [1.165, 1.54) is 7.11 Å². The van der Waals surface area contributed by atoms with Crippen LogP contribution in [0.15, 0.2) is 24.3 Å². The van der Waals surface area contributed by atoms with Crippen molar-refractivity contribution >= 4 is 18.2 Å². The number of methoxy groups -OCH3 is 1. The first-order valence-electron chi connectivity index (χ1n) is 18.7. The summed E-state index contributed by atoms with van der Waals surface area (Å²) in [7, 11) is 4.85. The van der Waals surface area contributed by atoms with Crippen molar-refractivity contribution in [3.05, 3.63) is 24.3 Å². The van der Waals surface area contributed by atoms with Crippen LogP contribution in [-0.2, 0) is 47.5 Å². The minimum absolute atomic E-state index is 0.0298. The number of likely N-dealkylation sites (N-methyl/N-ethyl adjacent to an activating group) is 1. The molecule has 0 amide bonds. The number of aliphatic hydroxyl groups is 4. The summed E-state index contributed by atoms with van der Waals surface area (Å²) in [5.74, 6) is -2.14. The van der Waals surface area contributed by atoms with Crippen LogP contribution in [0.25, 0.3) is 0 Å².